The van der Waals surface area contributed by atoms with Crippen molar-refractivity contribution in [1.82, 2.24) is 9.80 Å². The predicted molar refractivity (Wildman–Crippen MR) is 82.2 cm³/mol. The highest BCUT2D eigenvalue weighted by molar-refractivity contribution is 7.10. The van der Waals surface area contributed by atoms with Gasteiger partial charge in [-0.05, 0) is 31.5 Å². The maximum absolute atomic E-state index is 5.44. The molecule has 3 nitrogen and oxygen atoms in total. The predicted octanol–water partition coefficient (Wildman–Crippen LogP) is 1.44. The first-order chi connectivity index (χ1) is 9.11. The summed E-state index contributed by atoms with van der Waals surface area (Å²) in [5.41, 5.74) is 6.59. The highest BCUT2D eigenvalue weighted by Gasteiger charge is 2.31. The van der Waals surface area contributed by atoms with E-state index in [1.54, 1.807) is 11.3 Å². The lowest BCUT2D eigenvalue weighted by Crippen LogP contribution is -2.34. The van der Waals surface area contributed by atoms with Crippen LogP contribution in [0.15, 0.2) is 11.4 Å². The van der Waals surface area contributed by atoms with Gasteiger partial charge in [0, 0.05) is 36.1 Å². The summed E-state index contributed by atoms with van der Waals surface area (Å²) in [6.07, 6.45) is 0. The van der Waals surface area contributed by atoms with Gasteiger partial charge in [-0.3, -0.25) is 4.90 Å². The second-order valence-electron chi connectivity index (χ2n) is 5.47. The van der Waals surface area contributed by atoms with Gasteiger partial charge in [-0.1, -0.05) is 18.8 Å². The highest BCUT2D eigenvalue weighted by atomic mass is 32.1. The summed E-state index contributed by atoms with van der Waals surface area (Å²) in [6.45, 7) is 6.11. The number of likely N-dealkylation sites (tertiary alicyclic amines) is 1. The molecular weight excluding hydrogens is 254 g/mol. The minimum Gasteiger partial charge on any atom is -0.320 e. The molecule has 0 amide bonds. The van der Waals surface area contributed by atoms with E-state index in [9.17, 15) is 0 Å². The first-order valence-corrected chi connectivity index (χ1v) is 7.64. The number of hydrogen-bond donors (Lipinski definition) is 1. The molecular formula is C15H23N3S. The highest BCUT2D eigenvalue weighted by Crippen LogP contribution is 2.25. The zero-order valence-corrected chi connectivity index (χ0v) is 12.8. The Kier molecular flexibility index (Phi) is 5.00. The van der Waals surface area contributed by atoms with Crippen LogP contribution < -0.4 is 5.73 Å². The van der Waals surface area contributed by atoms with Crippen LogP contribution in [0.2, 0.25) is 0 Å². The van der Waals surface area contributed by atoms with Gasteiger partial charge in [0.15, 0.2) is 0 Å². The van der Waals surface area contributed by atoms with Crippen LogP contribution in [0.25, 0.3) is 0 Å². The second kappa shape index (κ2) is 6.53. The molecule has 2 N–H and O–H groups in total. The Morgan fingerprint density at radius 3 is 2.89 bits per heavy atom. The number of nitrogens with zero attached hydrogens (tertiary/aromatic N) is 2. The molecule has 0 aromatic carbocycles. The summed E-state index contributed by atoms with van der Waals surface area (Å²) in [7, 11) is 4.35. The molecule has 1 aliphatic rings. The molecule has 1 saturated heterocycles. The molecule has 2 rings (SSSR count). The smallest absolute Gasteiger partial charge is 0.0555 e. The van der Waals surface area contributed by atoms with E-state index in [1.165, 1.54) is 11.4 Å². The number of rotatable bonds is 3. The molecule has 1 aromatic rings. The Hall–Kier alpha value is -0.860. The quantitative estimate of drug-likeness (QED) is 0.849. The van der Waals surface area contributed by atoms with Gasteiger partial charge in [0.1, 0.15) is 0 Å². The fourth-order valence-electron chi connectivity index (χ4n) is 2.77. The van der Waals surface area contributed by atoms with E-state index in [2.05, 4.69) is 54.1 Å². The molecule has 1 aromatic heterocycles. The monoisotopic (exact) mass is 277 g/mol. The molecule has 19 heavy (non-hydrogen) atoms. The SMILES string of the molecule is CC1CN(Cc2sccc2C#CCN)CC1N(C)C. The first-order valence-electron chi connectivity index (χ1n) is 6.76. The van der Waals surface area contributed by atoms with Crippen LogP contribution in [0.3, 0.4) is 0 Å². The maximum Gasteiger partial charge on any atom is 0.0555 e. The van der Waals surface area contributed by atoms with E-state index in [4.69, 9.17) is 5.73 Å². The molecule has 0 spiro atoms. The van der Waals surface area contributed by atoms with Crippen molar-refractivity contribution in [2.75, 3.05) is 33.7 Å². The van der Waals surface area contributed by atoms with Gasteiger partial charge in [0.2, 0.25) is 0 Å². The Morgan fingerprint density at radius 2 is 2.26 bits per heavy atom. The lowest BCUT2D eigenvalue weighted by molar-refractivity contribution is 0.250. The molecule has 1 aliphatic heterocycles. The topological polar surface area (TPSA) is 32.5 Å². The molecule has 0 aliphatic carbocycles. The van der Waals surface area contributed by atoms with E-state index in [-0.39, 0.29) is 0 Å². The largest absolute Gasteiger partial charge is 0.320 e. The van der Waals surface area contributed by atoms with Crippen molar-refractivity contribution in [3.63, 3.8) is 0 Å². The van der Waals surface area contributed by atoms with E-state index in [0.717, 1.165) is 24.6 Å². The lowest BCUT2D eigenvalue weighted by atomic mass is 10.1. The van der Waals surface area contributed by atoms with E-state index < -0.39 is 0 Å². The summed E-state index contributed by atoms with van der Waals surface area (Å²) in [5, 5.41) is 2.12. The zero-order valence-electron chi connectivity index (χ0n) is 12.0. The van der Waals surface area contributed by atoms with E-state index in [1.807, 2.05) is 0 Å². The average molecular weight is 277 g/mol. The minimum atomic E-state index is 0.429. The Balaban J connectivity index is 2.01. The van der Waals surface area contributed by atoms with Crippen molar-refractivity contribution in [2.24, 2.45) is 11.7 Å². The minimum absolute atomic E-state index is 0.429. The molecule has 0 bridgehead atoms. The summed E-state index contributed by atoms with van der Waals surface area (Å²) < 4.78 is 0. The summed E-state index contributed by atoms with van der Waals surface area (Å²) >= 11 is 1.80. The average Bonchev–Trinajstić information content (AvgIpc) is 2.94. The number of thiophene rings is 1. The van der Waals surface area contributed by atoms with Crippen LogP contribution in [0, 0.1) is 17.8 Å². The second-order valence-corrected chi connectivity index (χ2v) is 6.47. The molecule has 1 fully saturated rings. The Labute approximate surface area is 120 Å². The van der Waals surface area contributed by atoms with Crippen molar-refractivity contribution in [2.45, 2.75) is 19.5 Å². The third kappa shape index (κ3) is 3.58. The van der Waals surface area contributed by atoms with Crippen molar-refractivity contribution < 1.29 is 0 Å². The fourth-order valence-corrected chi connectivity index (χ4v) is 3.64. The van der Waals surface area contributed by atoms with Gasteiger partial charge in [-0.15, -0.1) is 11.3 Å². The van der Waals surface area contributed by atoms with Crippen LogP contribution in [-0.2, 0) is 6.54 Å². The number of hydrogen-bond acceptors (Lipinski definition) is 4. The van der Waals surface area contributed by atoms with Gasteiger partial charge in [-0.2, -0.15) is 0 Å². The van der Waals surface area contributed by atoms with Gasteiger partial charge in [-0.25, -0.2) is 0 Å². The molecule has 104 valence electrons. The third-order valence-electron chi connectivity index (χ3n) is 3.75. The van der Waals surface area contributed by atoms with Gasteiger partial charge >= 0.3 is 0 Å². The van der Waals surface area contributed by atoms with Gasteiger partial charge < -0.3 is 10.6 Å². The van der Waals surface area contributed by atoms with Crippen LogP contribution in [0.4, 0.5) is 0 Å². The first kappa shape index (κ1) is 14.5. The van der Waals surface area contributed by atoms with E-state index >= 15 is 0 Å². The van der Waals surface area contributed by atoms with Crippen molar-refractivity contribution in [1.29, 1.82) is 0 Å². The molecule has 2 heterocycles. The summed E-state index contributed by atoms with van der Waals surface area (Å²) in [6, 6.07) is 2.77. The van der Waals surface area contributed by atoms with Gasteiger partial charge in [0.05, 0.1) is 6.54 Å². The molecule has 4 heteroatoms. The van der Waals surface area contributed by atoms with Crippen molar-refractivity contribution >= 4 is 11.3 Å². The number of nitrogens with two attached hydrogens (primary N) is 1. The van der Waals surface area contributed by atoms with Crippen LogP contribution in [0.5, 0.6) is 0 Å². The summed E-state index contributed by atoms with van der Waals surface area (Å²) in [5.74, 6) is 6.85. The molecule has 0 radical (unpaired) electrons. The maximum atomic E-state index is 5.44. The third-order valence-corrected chi connectivity index (χ3v) is 4.66. The molecule has 2 atom stereocenters. The van der Waals surface area contributed by atoms with Crippen LogP contribution in [0.1, 0.15) is 17.4 Å². The fraction of sp³-hybridized carbons (Fsp3) is 0.600. The Morgan fingerprint density at radius 1 is 1.47 bits per heavy atom. The number of likely N-dealkylation sites (N-methyl/N-ethyl adjacent to an activating group) is 1. The molecule has 2 unspecified atom stereocenters. The molecule has 0 saturated carbocycles. The van der Waals surface area contributed by atoms with Crippen LogP contribution in [-0.4, -0.2) is 49.6 Å². The summed E-state index contributed by atoms with van der Waals surface area (Å²) in [4.78, 5) is 6.25. The van der Waals surface area contributed by atoms with E-state index in [0.29, 0.717) is 12.6 Å². The van der Waals surface area contributed by atoms with Crippen LogP contribution >= 0.6 is 11.3 Å². The van der Waals surface area contributed by atoms with Crippen molar-refractivity contribution in [3.05, 3.63) is 21.9 Å². The standard InChI is InChI=1S/C15H23N3S/c1-12-9-18(10-14(12)17(2)3)11-15-13(5-4-7-16)6-8-19-15/h6,8,12,14H,7,9-11,16H2,1-3H3. The zero-order chi connectivity index (χ0) is 13.8. The normalized spacial score (nSPS) is 23.6. The van der Waals surface area contributed by atoms with Crippen molar-refractivity contribution in [3.8, 4) is 11.8 Å². The Bertz CT molecular complexity index is 469. The lowest BCUT2D eigenvalue weighted by Gasteiger charge is -2.22. The van der Waals surface area contributed by atoms with Gasteiger partial charge in [0.25, 0.3) is 0 Å².